The van der Waals surface area contributed by atoms with Crippen molar-refractivity contribution >= 4 is 22.7 Å². The second kappa shape index (κ2) is 17.1. The van der Waals surface area contributed by atoms with Crippen molar-refractivity contribution < 1.29 is 28.1 Å². The highest BCUT2D eigenvalue weighted by molar-refractivity contribution is 7.15. The van der Waals surface area contributed by atoms with Gasteiger partial charge in [-0.2, -0.15) is 0 Å². The van der Waals surface area contributed by atoms with Gasteiger partial charge in [0.1, 0.15) is 45.8 Å². The van der Waals surface area contributed by atoms with Crippen LogP contribution in [0.3, 0.4) is 0 Å². The molecule has 0 saturated carbocycles. The molecular formula is C52H55F3N6O3S. The number of anilines is 1. The Morgan fingerprint density at radius 1 is 0.846 bits per heavy atom. The van der Waals surface area contributed by atoms with E-state index in [-0.39, 0.29) is 35.0 Å². The first-order valence-corrected chi connectivity index (χ1v) is 23.7. The van der Waals surface area contributed by atoms with E-state index in [0.29, 0.717) is 50.9 Å². The molecule has 10 rings (SSSR count). The second-order valence-corrected chi connectivity index (χ2v) is 19.9. The van der Waals surface area contributed by atoms with E-state index in [1.807, 2.05) is 6.92 Å². The Hall–Kier alpha value is -5.50. The lowest BCUT2D eigenvalue weighted by atomic mass is 9.68. The van der Waals surface area contributed by atoms with Crippen molar-refractivity contribution in [2.45, 2.75) is 95.6 Å². The van der Waals surface area contributed by atoms with Gasteiger partial charge in [0.2, 0.25) is 0 Å². The summed E-state index contributed by atoms with van der Waals surface area (Å²) in [5.74, 6) is 0.0929. The number of β-amino-alcohol motifs (C(OH)–C–C–N with tert-alkyl or cyclic N) is 1. The minimum atomic E-state index is -0.852. The maximum absolute atomic E-state index is 16.4. The maximum Gasteiger partial charge on any atom is 0.162 e. The second-order valence-electron chi connectivity index (χ2n) is 18.7. The first-order valence-electron chi connectivity index (χ1n) is 22.8. The number of ether oxygens (including phenoxy) is 1. The topological polar surface area (TPSA) is 99.2 Å². The molecule has 2 saturated heterocycles. The van der Waals surface area contributed by atoms with Gasteiger partial charge in [0, 0.05) is 58.9 Å². The Balaban J connectivity index is 0.800. The fourth-order valence-corrected chi connectivity index (χ4v) is 12.3. The first kappa shape index (κ1) is 43.4. The van der Waals surface area contributed by atoms with E-state index in [0.717, 1.165) is 87.5 Å². The molecule has 338 valence electrons. The van der Waals surface area contributed by atoms with Crippen molar-refractivity contribution in [2.24, 2.45) is 4.99 Å². The fourth-order valence-electron chi connectivity index (χ4n) is 11.1. The number of phenols is 1. The lowest BCUT2D eigenvalue weighted by Gasteiger charge is -2.43. The molecule has 0 radical (unpaired) electrons. The molecule has 6 aromatic rings. The largest absolute Gasteiger partial charge is 0.508 e. The molecule has 2 N–H and O–H groups in total. The molecule has 4 aliphatic rings. The predicted octanol–water partition coefficient (Wildman–Crippen LogP) is 10.4. The third-order valence-corrected chi connectivity index (χ3v) is 15.9. The summed E-state index contributed by atoms with van der Waals surface area (Å²) in [6, 6.07) is 20.4. The number of phenolic OH excluding ortho intramolecular Hbond substituents is 1. The van der Waals surface area contributed by atoms with Gasteiger partial charge in [0.05, 0.1) is 18.4 Å². The Kier molecular flexibility index (Phi) is 11.4. The Labute approximate surface area is 382 Å². The highest BCUT2D eigenvalue weighted by Gasteiger charge is 2.39. The highest BCUT2D eigenvalue weighted by Crippen LogP contribution is 2.49. The predicted molar refractivity (Wildman–Crippen MR) is 249 cm³/mol. The molecule has 65 heavy (non-hydrogen) atoms. The first-order chi connectivity index (χ1) is 31.3. The standard InChI is InChI=1S/C52H55F3N6O3S/c1-29-31(3)65-51-46(29)49(56-30(2)50-58-57-32(4)61(50)51)42-14-11-38(27-45(42)64-5)60-22-18-52(63,19-23-60)28-59-20-16-33(17-21-59)36-25-43(54)48(44(55)26-36)47-40(34-6-9-37(53)10-7-34)13-8-35-24-39(62)12-15-41(35)47/h6-7,9-12,14-15,24-27,30,33,40,47,62-63H,8,13,16-23,28H2,1-5H3/t30-,40-,47+/m0/s1. The van der Waals surface area contributed by atoms with E-state index in [2.05, 4.69) is 63.5 Å². The number of hydrogen-bond donors (Lipinski definition) is 2. The molecule has 0 unspecified atom stereocenters. The number of aromatic hydroxyl groups is 1. The number of benzene rings is 4. The van der Waals surface area contributed by atoms with E-state index >= 15 is 8.78 Å². The quantitative estimate of drug-likeness (QED) is 0.157. The van der Waals surface area contributed by atoms with Crippen LogP contribution >= 0.6 is 11.3 Å². The Morgan fingerprint density at radius 3 is 2.28 bits per heavy atom. The van der Waals surface area contributed by atoms with Crippen molar-refractivity contribution in [3.05, 3.63) is 151 Å². The summed E-state index contributed by atoms with van der Waals surface area (Å²) < 4.78 is 55.0. The lowest BCUT2D eigenvalue weighted by Crippen LogP contribution is -2.52. The summed E-state index contributed by atoms with van der Waals surface area (Å²) in [5, 5.41) is 32.1. The normalized spacial score (nSPS) is 21.0. The number of aromatic nitrogens is 3. The van der Waals surface area contributed by atoms with E-state index in [4.69, 9.17) is 9.73 Å². The smallest absolute Gasteiger partial charge is 0.162 e. The van der Waals surface area contributed by atoms with Gasteiger partial charge in [-0.3, -0.25) is 9.56 Å². The number of fused-ring (bicyclic) bond motifs is 4. The highest BCUT2D eigenvalue weighted by atomic mass is 32.1. The molecule has 5 heterocycles. The van der Waals surface area contributed by atoms with Gasteiger partial charge in [-0.1, -0.05) is 18.2 Å². The molecule has 3 atom stereocenters. The molecule has 4 aromatic carbocycles. The third-order valence-electron chi connectivity index (χ3n) is 14.7. The van der Waals surface area contributed by atoms with Crippen molar-refractivity contribution in [1.29, 1.82) is 0 Å². The molecule has 0 spiro atoms. The van der Waals surface area contributed by atoms with Gasteiger partial charge in [-0.05, 0) is 167 Å². The zero-order valence-corrected chi connectivity index (χ0v) is 38.4. The number of aryl methyl sites for hydroxylation is 3. The average Bonchev–Trinajstić information content (AvgIpc) is 3.78. The van der Waals surface area contributed by atoms with Crippen LogP contribution in [-0.4, -0.2) is 81.0 Å². The van der Waals surface area contributed by atoms with Gasteiger partial charge in [0.25, 0.3) is 0 Å². The van der Waals surface area contributed by atoms with Crippen LogP contribution in [0.25, 0.3) is 5.00 Å². The number of halogens is 3. The van der Waals surface area contributed by atoms with Crippen LogP contribution < -0.4 is 9.64 Å². The maximum atomic E-state index is 16.4. The number of piperidine rings is 2. The minimum Gasteiger partial charge on any atom is -0.508 e. The van der Waals surface area contributed by atoms with Gasteiger partial charge < -0.3 is 24.7 Å². The molecule has 2 fully saturated rings. The number of aliphatic hydroxyl groups is 1. The molecule has 1 aliphatic carbocycles. The number of methoxy groups -OCH3 is 1. The summed E-state index contributed by atoms with van der Waals surface area (Å²) in [5.41, 5.74) is 7.40. The summed E-state index contributed by atoms with van der Waals surface area (Å²) in [6.07, 6.45) is 3.92. The summed E-state index contributed by atoms with van der Waals surface area (Å²) in [6.45, 7) is 11.7. The molecule has 3 aliphatic heterocycles. The molecule has 13 heteroatoms. The average molecular weight is 901 g/mol. The Bertz CT molecular complexity index is 2780. The molecule has 9 nitrogen and oxygen atoms in total. The summed E-state index contributed by atoms with van der Waals surface area (Å²) in [7, 11) is 1.70. The number of rotatable bonds is 8. The third kappa shape index (κ3) is 7.93. The van der Waals surface area contributed by atoms with Crippen molar-refractivity contribution in [1.82, 2.24) is 19.7 Å². The van der Waals surface area contributed by atoms with Gasteiger partial charge in [-0.25, -0.2) is 13.2 Å². The van der Waals surface area contributed by atoms with Crippen LogP contribution in [-0.2, 0) is 6.42 Å². The van der Waals surface area contributed by atoms with Gasteiger partial charge in [-0.15, -0.1) is 21.5 Å². The fraction of sp³-hybridized carbons (Fsp3) is 0.404. The zero-order valence-electron chi connectivity index (χ0n) is 37.5. The van der Waals surface area contributed by atoms with Crippen LogP contribution in [0.5, 0.6) is 11.5 Å². The summed E-state index contributed by atoms with van der Waals surface area (Å²) in [4.78, 5) is 11.1. The SMILES string of the molecule is COc1cc(N2CCC(O)(CN3CCC(c4cc(F)c([C@H]5c6ccc(O)cc6CC[C@H]5c5ccc(F)cc5)c(F)c4)CC3)CC2)ccc1C1=N[C@@H](C)c2nnc(C)n2-c2sc(C)c(C)c21. The van der Waals surface area contributed by atoms with E-state index in [1.165, 1.54) is 34.7 Å². The van der Waals surface area contributed by atoms with E-state index < -0.39 is 23.2 Å². The molecule has 0 amide bonds. The summed E-state index contributed by atoms with van der Waals surface area (Å²) >= 11 is 1.73. The van der Waals surface area contributed by atoms with Crippen LogP contribution in [0.4, 0.5) is 18.9 Å². The molecule has 2 aromatic heterocycles. The monoisotopic (exact) mass is 900 g/mol. The van der Waals surface area contributed by atoms with Gasteiger partial charge in [0.15, 0.2) is 5.82 Å². The number of aliphatic imine (C=N–C) groups is 1. The van der Waals surface area contributed by atoms with Crippen LogP contribution in [0.2, 0.25) is 0 Å². The van der Waals surface area contributed by atoms with E-state index in [9.17, 15) is 14.6 Å². The molecule has 0 bridgehead atoms. The van der Waals surface area contributed by atoms with Crippen LogP contribution in [0, 0.1) is 38.2 Å². The van der Waals surface area contributed by atoms with Crippen molar-refractivity contribution in [3.8, 4) is 16.5 Å². The lowest BCUT2D eigenvalue weighted by molar-refractivity contribution is -0.0213. The van der Waals surface area contributed by atoms with Crippen molar-refractivity contribution in [3.63, 3.8) is 0 Å². The number of hydrogen-bond acceptors (Lipinski definition) is 9. The zero-order chi connectivity index (χ0) is 45.3. The van der Waals surface area contributed by atoms with Gasteiger partial charge >= 0.3 is 0 Å². The van der Waals surface area contributed by atoms with Crippen molar-refractivity contribution in [2.75, 3.05) is 44.7 Å². The number of likely N-dealkylation sites (tertiary alicyclic amines) is 1. The minimum absolute atomic E-state index is 0.0162. The van der Waals surface area contributed by atoms with E-state index in [1.54, 1.807) is 48.8 Å². The molecular weight excluding hydrogens is 846 g/mol. The van der Waals surface area contributed by atoms with Crippen LogP contribution in [0.1, 0.15) is 124 Å². The number of nitrogens with zero attached hydrogens (tertiary/aromatic N) is 6. The van der Waals surface area contributed by atoms with Crippen LogP contribution in [0.15, 0.2) is 77.8 Å². The Morgan fingerprint density at radius 2 is 1.57 bits per heavy atom. The number of thiophene rings is 1.